The van der Waals surface area contributed by atoms with Crippen LogP contribution in [0.2, 0.25) is 0 Å². The quantitative estimate of drug-likeness (QED) is 0.828. The molecular formula is C14H18BrNO4S. The SMILES string of the molecule is C[C@H](NS(=O)(=O)c1ccc(Br)c(C(=O)O)c1)C1CCCC1. The zero-order valence-corrected chi connectivity index (χ0v) is 14.1. The Kier molecular flexibility index (Phi) is 5.06. The van der Waals surface area contributed by atoms with E-state index in [4.69, 9.17) is 5.11 Å². The van der Waals surface area contributed by atoms with Crippen molar-refractivity contribution >= 4 is 31.9 Å². The molecule has 116 valence electrons. The van der Waals surface area contributed by atoms with Crippen LogP contribution < -0.4 is 4.72 Å². The number of hydrogen-bond acceptors (Lipinski definition) is 3. The lowest BCUT2D eigenvalue weighted by Gasteiger charge is -2.20. The summed E-state index contributed by atoms with van der Waals surface area (Å²) in [4.78, 5) is 11.1. The predicted octanol–water partition coefficient (Wildman–Crippen LogP) is 3.00. The van der Waals surface area contributed by atoms with Gasteiger partial charge in [0.2, 0.25) is 10.0 Å². The fraction of sp³-hybridized carbons (Fsp3) is 0.500. The summed E-state index contributed by atoms with van der Waals surface area (Å²) < 4.78 is 27.8. The van der Waals surface area contributed by atoms with Crippen molar-refractivity contribution in [2.45, 2.75) is 43.5 Å². The van der Waals surface area contributed by atoms with Gasteiger partial charge in [0.15, 0.2) is 0 Å². The van der Waals surface area contributed by atoms with Crippen molar-refractivity contribution < 1.29 is 18.3 Å². The summed E-state index contributed by atoms with van der Waals surface area (Å²) in [5, 5.41) is 9.07. The molecule has 1 fully saturated rings. The summed E-state index contributed by atoms with van der Waals surface area (Å²) >= 11 is 3.11. The van der Waals surface area contributed by atoms with Crippen LogP contribution in [-0.4, -0.2) is 25.5 Å². The average Bonchev–Trinajstić information content (AvgIpc) is 2.92. The maximum Gasteiger partial charge on any atom is 0.336 e. The minimum Gasteiger partial charge on any atom is -0.478 e. The lowest BCUT2D eigenvalue weighted by molar-refractivity contribution is 0.0695. The predicted molar refractivity (Wildman–Crippen MR) is 82.8 cm³/mol. The maximum atomic E-state index is 12.4. The fourth-order valence-electron chi connectivity index (χ4n) is 2.70. The third-order valence-electron chi connectivity index (χ3n) is 3.93. The summed E-state index contributed by atoms with van der Waals surface area (Å²) in [5.74, 6) is -0.808. The fourth-order valence-corrected chi connectivity index (χ4v) is 4.46. The number of nitrogens with one attached hydrogen (secondary N) is 1. The third kappa shape index (κ3) is 3.84. The zero-order chi connectivity index (χ0) is 15.6. The smallest absolute Gasteiger partial charge is 0.336 e. The minimum atomic E-state index is -3.70. The van der Waals surface area contributed by atoms with E-state index in [0.717, 1.165) is 25.7 Å². The van der Waals surface area contributed by atoms with Crippen molar-refractivity contribution in [3.05, 3.63) is 28.2 Å². The maximum absolute atomic E-state index is 12.4. The van der Waals surface area contributed by atoms with Gasteiger partial charge in [0.1, 0.15) is 0 Å². The van der Waals surface area contributed by atoms with Crippen LogP contribution in [-0.2, 0) is 10.0 Å². The van der Waals surface area contributed by atoms with Crippen LogP contribution in [0.4, 0.5) is 0 Å². The van der Waals surface area contributed by atoms with Crippen LogP contribution in [0.25, 0.3) is 0 Å². The summed E-state index contributed by atoms with van der Waals surface area (Å²) in [6.45, 7) is 1.87. The molecule has 0 saturated heterocycles. The first-order valence-corrected chi connectivity index (χ1v) is 9.14. The van der Waals surface area contributed by atoms with E-state index in [1.54, 1.807) is 0 Å². The second-order valence-corrected chi connectivity index (χ2v) is 7.97. The van der Waals surface area contributed by atoms with E-state index in [-0.39, 0.29) is 16.5 Å². The van der Waals surface area contributed by atoms with Crippen LogP contribution in [0.3, 0.4) is 0 Å². The summed E-state index contributed by atoms with van der Waals surface area (Å²) in [5.41, 5.74) is -0.0635. The highest BCUT2D eigenvalue weighted by atomic mass is 79.9. The molecule has 0 amide bonds. The van der Waals surface area contributed by atoms with Gasteiger partial charge in [-0.1, -0.05) is 12.8 Å². The lowest BCUT2D eigenvalue weighted by atomic mass is 10.0. The first-order chi connectivity index (χ1) is 9.81. The molecule has 0 bridgehead atoms. The number of aromatic carboxylic acids is 1. The molecule has 5 nitrogen and oxygen atoms in total. The molecule has 0 spiro atoms. The normalized spacial score (nSPS) is 17.8. The minimum absolute atomic E-state index is 0.0204. The number of carboxylic acids is 1. The number of carboxylic acid groups (broad SMARTS) is 1. The molecule has 0 radical (unpaired) electrons. The van der Waals surface area contributed by atoms with Crippen LogP contribution in [0.5, 0.6) is 0 Å². The Labute approximate surface area is 132 Å². The van der Waals surface area contributed by atoms with Crippen molar-refractivity contribution in [3.8, 4) is 0 Å². The van der Waals surface area contributed by atoms with Gasteiger partial charge in [-0.15, -0.1) is 0 Å². The largest absolute Gasteiger partial charge is 0.478 e. The Balaban J connectivity index is 2.23. The number of halogens is 1. The molecule has 7 heteroatoms. The Bertz CT molecular complexity index is 638. The van der Waals surface area contributed by atoms with E-state index in [9.17, 15) is 13.2 Å². The third-order valence-corrected chi connectivity index (χ3v) is 6.17. The highest BCUT2D eigenvalue weighted by Gasteiger charge is 2.26. The number of rotatable bonds is 5. The number of hydrogen-bond donors (Lipinski definition) is 2. The standard InChI is InChI=1S/C14H18BrNO4S/c1-9(10-4-2-3-5-10)16-21(19,20)11-6-7-13(15)12(8-11)14(17)18/h6-10,16H,2-5H2,1H3,(H,17,18)/t9-/m0/s1. The molecule has 1 aliphatic carbocycles. The van der Waals surface area contributed by atoms with E-state index in [0.29, 0.717) is 10.4 Å². The molecule has 1 aliphatic rings. The molecule has 1 aromatic carbocycles. The lowest BCUT2D eigenvalue weighted by Crippen LogP contribution is -2.37. The van der Waals surface area contributed by atoms with Crippen molar-refractivity contribution in [2.75, 3.05) is 0 Å². The highest BCUT2D eigenvalue weighted by molar-refractivity contribution is 9.10. The summed E-state index contributed by atoms with van der Waals surface area (Å²) in [7, 11) is -3.70. The first kappa shape index (κ1) is 16.5. The van der Waals surface area contributed by atoms with Crippen molar-refractivity contribution in [1.29, 1.82) is 0 Å². The molecule has 2 rings (SSSR count). The average molecular weight is 376 g/mol. The molecule has 1 atom stereocenters. The monoisotopic (exact) mass is 375 g/mol. The van der Waals surface area contributed by atoms with E-state index in [1.165, 1.54) is 18.2 Å². The Morgan fingerprint density at radius 2 is 2.00 bits per heavy atom. The van der Waals surface area contributed by atoms with Crippen molar-refractivity contribution in [1.82, 2.24) is 4.72 Å². The van der Waals surface area contributed by atoms with Gasteiger partial charge in [0.05, 0.1) is 10.5 Å². The molecule has 0 unspecified atom stereocenters. The molecule has 1 aromatic rings. The van der Waals surface area contributed by atoms with Gasteiger partial charge in [0, 0.05) is 10.5 Å². The number of carbonyl (C=O) groups is 1. The Morgan fingerprint density at radius 3 is 2.57 bits per heavy atom. The van der Waals surface area contributed by atoms with Crippen molar-refractivity contribution in [3.63, 3.8) is 0 Å². The van der Waals surface area contributed by atoms with Gasteiger partial charge in [-0.05, 0) is 59.8 Å². The molecular weight excluding hydrogens is 358 g/mol. The van der Waals surface area contributed by atoms with E-state index in [2.05, 4.69) is 20.7 Å². The van der Waals surface area contributed by atoms with E-state index >= 15 is 0 Å². The molecule has 1 saturated carbocycles. The highest BCUT2D eigenvalue weighted by Crippen LogP contribution is 2.28. The molecule has 21 heavy (non-hydrogen) atoms. The van der Waals surface area contributed by atoms with Gasteiger partial charge >= 0.3 is 5.97 Å². The van der Waals surface area contributed by atoms with Gasteiger partial charge < -0.3 is 5.11 Å². The summed E-state index contributed by atoms with van der Waals surface area (Å²) in [6.07, 6.45) is 4.34. The van der Waals surface area contributed by atoms with Crippen LogP contribution in [0.1, 0.15) is 43.0 Å². The van der Waals surface area contributed by atoms with Gasteiger partial charge in [0.25, 0.3) is 0 Å². The Morgan fingerprint density at radius 1 is 1.38 bits per heavy atom. The molecule has 0 heterocycles. The number of sulfonamides is 1. The van der Waals surface area contributed by atoms with E-state index in [1.807, 2.05) is 6.92 Å². The van der Waals surface area contributed by atoms with Gasteiger partial charge in [-0.25, -0.2) is 17.9 Å². The molecule has 2 N–H and O–H groups in total. The van der Waals surface area contributed by atoms with Crippen LogP contribution >= 0.6 is 15.9 Å². The zero-order valence-electron chi connectivity index (χ0n) is 11.7. The topological polar surface area (TPSA) is 83.5 Å². The molecule has 0 aromatic heterocycles. The first-order valence-electron chi connectivity index (χ1n) is 6.86. The van der Waals surface area contributed by atoms with Gasteiger partial charge in [-0.2, -0.15) is 0 Å². The summed E-state index contributed by atoms with van der Waals surface area (Å²) in [6, 6.07) is 3.88. The van der Waals surface area contributed by atoms with E-state index < -0.39 is 16.0 Å². The van der Waals surface area contributed by atoms with Gasteiger partial charge in [-0.3, -0.25) is 0 Å². The van der Waals surface area contributed by atoms with Crippen LogP contribution in [0.15, 0.2) is 27.6 Å². The van der Waals surface area contributed by atoms with Crippen molar-refractivity contribution in [2.24, 2.45) is 5.92 Å². The second-order valence-electron chi connectivity index (χ2n) is 5.40. The number of benzene rings is 1. The Hall–Kier alpha value is -0.920. The van der Waals surface area contributed by atoms with Crippen LogP contribution in [0, 0.1) is 5.92 Å². The molecule has 0 aliphatic heterocycles. The second kappa shape index (κ2) is 6.46.